The summed E-state index contributed by atoms with van der Waals surface area (Å²) in [6.07, 6.45) is 3.11. The Morgan fingerprint density at radius 2 is 1.86 bits per heavy atom. The van der Waals surface area contributed by atoms with Crippen molar-refractivity contribution in [3.63, 3.8) is 0 Å². The molecule has 0 atom stereocenters. The van der Waals surface area contributed by atoms with Gasteiger partial charge in [0, 0.05) is 0 Å². The standard InChI is InChI=1S/C21H17IN2O4/c1-3-10-28-18-9-6-14(12-17(18)22)11-16-19(25)23-21(27)24(20(16)26)15-7-4-13(2)5-8-15/h3-9,11-12H,1,10H2,2H3,(H,23,25,27)/b16-11+. The zero-order valence-electron chi connectivity index (χ0n) is 15.1. The normalized spacial score (nSPS) is 15.6. The third kappa shape index (κ3) is 4.14. The Balaban J connectivity index is 1.93. The summed E-state index contributed by atoms with van der Waals surface area (Å²) in [7, 11) is 0. The fourth-order valence-corrected chi connectivity index (χ4v) is 3.32. The molecule has 0 saturated carbocycles. The summed E-state index contributed by atoms with van der Waals surface area (Å²) in [5.74, 6) is -0.710. The largest absolute Gasteiger partial charge is 0.488 e. The lowest BCUT2D eigenvalue weighted by Crippen LogP contribution is -2.54. The molecule has 0 bridgehead atoms. The highest BCUT2D eigenvalue weighted by atomic mass is 127. The highest BCUT2D eigenvalue weighted by Crippen LogP contribution is 2.25. The van der Waals surface area contributed by atoms with Gasteiger partial charge in [0.05, 0.1) is 9.26 Å². The Labute approximate surface area is 176 Å². The van der Waals surface area contributed by atoms with E-state index in [2.05, 4.69) is 34.5 Å². The third-order valence-electron chi connectivity index (χ3n) is 4.02. The molecule has 28 heavy (non-hydrogen) atoms. The Kier molecular flexibility index (Phi) is 5.93. The second-order valence-corrected chi connectivity index (χ2v) is 7.25. The van der Waals surface area contributed by atoms with Crippen LogP contribution in [-0.4, -0.2) is 24.5 Å². The summed E-state index contributed by atoms with van der Waals surface area (Å²) < 4.78 is 6.35. The van der Waals surface area contributed by atoms with Crippen molar-refractivity contribution in [2.24, 2.45) is 0 Å². The molecule has 0 radical (unpaired) electrons. The van der Waals surface area contributed by atoms with E-state index in [0.717, 1.165) is 14.0 Å². The molecule has 6 nitrogen and oxygen atoms in total. The first-order valence-corrected chi connectivity index (χ1v) is 9.50. The number of halogens is 1. The summed E-state index contributed by atoms with van der Waals surface area (Å²) in [4.78, 5) is 38.3. The van der Waals surface area contributed by atoms with Crippen LogP contribution >= 0.6 is 22.6 Å². The highest BCUT2D eigenvalue weighted by Gasteiger charge is 2.36. The van der Waals surface area contributed by atoms with Crippen LogP contribution in [0.4, 0.5) is 10.5 Å². The molecular formula is C21H17IN2O4. The number of barbiturate groups is 1. The topological polar surface area (TPSA) is 75.7 Å². The lowest BCUT2D eigenvalue weighted by atomic mass is 10.1. The maximum absolute atomic E-state index is 12.9. The number of aryl methyl sites for hydroxylation is 1. The van der Waals surface area contributed by atoms with Crippen molar-refractivity contribution < 1.29 is 19.1 Å². The molecule has 1 aliphatic rings. The van der Waals surface area contributed by atoms with Gasteiger partial charge in [-0.15, -0.1) is 0 Å². The van der Waals surface area contributed by atoms with Gasteiger partial charge in [0.25, 0.3) is 11.8 Å². The van der Waals surface area contributed by atoms with Crippen molar-refractivity contribution in [2.45, 2.75) is 6.92 Å². The summed E-state index contributed by atoms with van der Waals surface area (Å²) >= 11 is 2.11. The molecule has 4 amide bonds. The van der Waals surface area contributed by atoms with E-state index in [-0.39, 0.29) is 5.57 Å². The molecule has 1 aliphatic heterocycles. The van der Waals surface area contributed by atoms with Gasteiger partial charge in [-0.25, -0.2) is 9.69 Å². The third-order valence-corrected chi connectivity index (χ3v) is 4.86. The first-order chi connectivity index (χ1) is 13.4. The SMILES string of the molecule is C=CCOc1ccc(/C=C2\C(=O)NC(=O)N(c3ccc(C)cc3)C2=O)cc1I. The van der Waals surface area contributed by atoms with Crippen LogP contribution in [0.2, 0.25) is 0 Å². The molecule has 1 saturated heterocycles. The minimum atomic E-state index is -0.765. The van der Waals surface area contributed by atoms with Gasteiger partial charge in [-0.05, 0) is 65.4 Å². The maximum atomic E-state index is 12.9. The lowest BCUT2D eigenvalue weighted by Gasteiger charge is -2.26. The summed E-state index contributed by atoms with van der Waals surface area (Å²) in [5.41, 5.74) is 1.92. The zero-order valence-corrected chi connectivity index (χ0v) is 17.2. The van der Waals surface area contributed by atoms with Crippen molar-refractivity contribution in [1.82, 2.24) is 5.32 Å². The van der Waals surface area contributed by atoms with Crippen LogP contribution in [0.25, 0.3) is 6.08 Å². The van der Waals surface area contributed by atoms with E-state index in [0.29, 0.717) is 23.6 Å². The number of urea groups is 1. The molecule has 0 spiro atoms. The van der Waals surface area contributed by atoms with Gasteiger partial charge in [0.15, 0.2) is 0 Å². The summed E-state index contributed by atoms with van der Waals surface area (Å²) in [6.45, 7) is 5.89. The minimum Gasteiger partial charge on any atom is -0.488 e. The van der Waals surface area contributed by atoms with Crippen LogP contribution < -0.4 is 15.0 Å². The van der Waals surface area contributed by atoms with E-state index in [9.17, 15) is 14.4 Å². The number of anilines is 1. The quantitative estimate of drug-likeness (QED) is 0.301. The zero-order chi connectivity index (χ0) is 20.3. The van der Waals surface area contributed by atoms with Crippen LogP contribution in [-0.2, 0) is 9.59 Å². The Bertz CT molecular complexity index is 996. The van der Waals surface area contributed by atoms with Gasteiger partial charge in [-0.3, -0.25) is 14.9 Å². The van der Waals surface area contributed by atoms with E-state index in [1.54, 1.807) is 48.5 Å². The highest BCUT2D eigenvalue weighted by molar-refractivity contribution is 14.1. The van der Waals surface area contributed by atoms with Crippen molar-refractivity contribution in [3.8, 4) is 5.75 Å². The molecule has 0 unspecified atom stereocenters. The number of rotatable bonds is 5. The minimum absolute atomic E-state index is 0.115. The molecule has 2 aromatic rings. The fraction of sp³-hybridized carbons (Fsp3) is 0.0952. The van der Waals surface area contributed by atoms with E-state index in [1.165, 1.54) is 6.08 Å². The Morgan fingerprint density at radius 3 is 2.50 bits per heavy atom. The molecule has 2 aromatic carbocycles. The fourth-order valence-electron chi connectivity index (χ4n) is 2.63. The van der Waals surface area contributed by atoms with Gasteiger partial charge < -0.3 is 4.74 Å². The maximum Gasteiger partial charge on any atom is 0.335 e. The molecular weight excluding hydrogens is 471 g/mol. The van der Waals surface area contributed by atoms with Crippen molar-refractivity contribution in [2.75, 3.05) is 11.5 Å². The number of carbonyl (C=O) groups excluding carboxylic acids is 3. The first kappa shape index (κ1) is 19.8. The van der Waals surface area contributed by atoms with Gasteiger partial charge in [0.1, 0.15) is 17.9 Å². The van der Waals surface area contributed by atoms with Gasteiger partial charge in [-0.2, -0.15) is 0 Å². The second-order valence-electron chi connectivity index (χ2n) is 6.08. The average molecular weight is 488 g/mol. The number of ether oxygens (including phenoxy) is 1. The monoisotopic (exact) mass is 488 g/mol. The van der Waals surface area contributed by atoms with E-state index in [4.69, 9.17) is 4.74 Å². The second kappa shape index (κ2) is 8.39. The van der Waals surface area contributed by atoms with Crippen LogP contribution in [0.1, 0.15) is 11.1 Å². The number of carbonyl (C=O) groups is 3. The van der Waals surface area contributed by atoms with Gasteiger partial charge >= 0.3 is 6.03 Å². The van der Waals surface area contributed by atoms with Crippen LogP contribution in [0, 0.1) is 10.5 Å². The first-order valence-electron chi connectivity index (χ1n) is 8.42. The Morgan fingerprint density at radius 1 is 1.14 bits per heavy atom. The summed E-state index contributed by atoms with van der Waals surface area (Å²) in [5, 5.41) is 2.22. The molecule has 142 valence electrons. The average Bonchev–Trinajstić information content (AvgIpc) is 2.66. The lowest BCUT2D eigenvalue weighted by molar-refractivity contribution is -0.122. The van der Waals surface area contributed by atoms with Crippen LogP contribution in [0.5, 0.6) is 5.75 Å². The molecule has 1 fully saturated rings. The van der Waals surface area contributed by atoms with Crippen molar-refractivity contribution >= 4 is 52.2 Å². The van der Waals surface area contributed by atoms with Crippen molar-refractivity contribution in [3.05, 3.63) is 75.4 Å². The number of nitrogens with zero attached hydrogens (tertiary/aromatic N) is 1. The predicted octanol–water partition coefficient (Wildman–Crippen LogP) is 3.83. The number of amides is 4. The molecule has 7 heteroatoms. The van der Waals surface area contributed by atoms with E-state index in [1.807, 2.05) is 6.92 Å². The molecule has 1 heterocycles. The molecule has 3 rings (SSSR count). The number of nitrogens with one attached hydrogen (secondary N) is 1. The summed E-state index contributed by atoms with van der Waals surface area (Å²) in [6, 6.07) is 11.4. The number of imide groups is 2. The molecule has 1 N–H and O–H groups in total. The number of hydrogen-bond donors (Lipinski definition) is 1. The number of hydrogen-bond acceptors (Lipinski definition) is 4. The van der Waals surface area contributed by atoms with Crippen molar-refractivity contribution in [1.29, 1.82) is 0 Å². The van der Waals surface area contributed by atoms with Crippen LogP contribution in [0.15, 0.2) is 60.7 Å². The number of benzene rings is 2. The Hall–Kier alpha value is -2.94. The van der Waals surface area contributed by atoms with E-state index < -0.39 is 17.8 Å². The predicted molar refractivity (Wildman–Crippen MR) is 115 cm³/mol. The molecule has 0 aliphatic carbocycles. The van der Waals surface area contributed by atoms with E-state index >= 15 is 0 Å². The molecule has 0 aromatic heterocycles. The van der Waals surface area contributed by atoms with Crippen LogP contribution in [0.3, 0.4) is 0 Å². The smallest absolute Gasteiger partial charge is 0.335 e. The van der Waals surface area contributed by atoms with Gasteiger partial charge in [0.2, 0.25) is 0 Å². The van der Waals surface area contributed by atoms with Gasteiger partial charge in [-0.1, -0.05) is 36.4 Å².